The van der Waals surface area contributed by atoms with Crippen LogP contribution in [0.25, 0.3) is 11.1 Å². The summed E-state index contributed by atoms with van der Waals surface area (Å²) in [6.07, 6.45) is 0. The quantitative estimate of drug-likeness (QED) is 0.761. The first-order valence-electron chi connectivity index (χ1n) is 6.21. The van der Waals surface area contributed by atoms with Crippen LogP contribution in [0, 0.1) is 0 Å². The number of carbonyl (C=O) groups is 1. The fraction of sp³-hybridized carbons (Fsp3) is 0.0667. The van der Waals surface area contributed by atoms with E-state index in [4.69, 9.17) is 4.42 Å². The maximum absolute atomic E-state index is 11.0. The number of aromatic nitrogens is 1. The van der Waals surface area contributed by atoms with Crippen molar-refractivity contribution in [2.24, 2.45) is 0 Å². The van der Waals surface area contributed by atoms with Crippen LogP contribution in [0.15, 0.2) is 52.9 Å². The molecule has 0 aliphatic carbocycles. The molecular formula is C15H13N3O2. The number of anilines is 3. The van der Waals surface area contributed by atoms with Gasteiger partial charge in [0.05, 0.1) is 0 Å². The number of hydrogen-bond acceptors (Lipinski definition) is 4. The second-order valence-corrected chi connectivity index (χ2v) is 4.37. The first kappa shape index (κ1) is 12.2. The Morgan fingerprint density at radius 2 is 1.90 bits per heavy atom. The molecule has 2 N–H and O–H groups in total. The molecular weight excluding hydrogens is 254 g/mol. The van der Waals surface area contributed by atoms with Crippen LogP contribution in [0.2, 0.25) is 0 Å². The van der Waals surface area contributed by atoms with Crippen molar-refractivity contribution < 1.29 is 9.21 Å². The van der Waals surface area contributed by atoms with Gasteiger partial charge in [-0.25, -0.2) is 0 Å². The first-order valence-corrected chi connectivity index (χ1v) is 6.21. The largest absolute Gasteiger partial charge is 0.423 e. The summed E-state index contributed by atoms with van der Waals surface area (Å²) in [5.74, 6) is -0.107. The molecule has 0 fully saturated rings. The minimum Gasteiger partial charge on any atom is -0.423 e. The summed E-state index contributed by atoms with van der Waals surface area (Å²) in [5.41, 5.74) is 3.04. The molecule has 3 rings (SSSR count). The second kappa shape index (κ2) is 5.05. The number of nitrogens with one attached hydrogen (secondary N) is 2. The van der Waals surface area contributed by atoms with E-state index in [1.165, 1.54) is 6.92 Å². The van der Waals surface area contributed by atoms with Gasteiger partial charge in [-0.15, -0.1) is 0 Å². The third-order valence-corrected chi connectivity index (χ3v) is 2.73. The van der Waals surface area contributed by atoms with Crippen LogP contribution in [0.3, 0.4) is 0 Å². The van der Waals surface area contributed by atoms with E-state index < -0.39 is 0 Å². The normalized spacial score (nSPS) is 10.4. The van der Waals surface area contributed by atoms with Crippen LogP contribution in [0.5, 0.6) is 0 Å². The third kappa shape index (κ3) is 2.61. The van der Waals surface area contributed by atoms with Crippen molar-refractivity contribution in [1.82, 2.24) is 4.98 Å². The summed E-state index contributed by atoms with van der Waals surface area (Å²) < 4.78 is 5.58. The highest BCUT2D eigenvalue weighted by Gasteiger charge is 2.05. The van der Waals surface area contributed by atoms with Crippen molar-refractivity contribution in [3.63, 3.8) is 0 Å². The molecule has 0 aliphatic heterocycles. The van der Waals surface area contributed by atoms with Crippen LogP contribution in [0.1, 0.15) is 6.92 Å². The molecule has 0 radical (unpaired) electrons. The van der Waals surface area contributed by atoms with Crippen molar-refractivity contribution in [2.75, 3.05) is 10.6 Å². The standard InChI is InChI=1S/C15H13N3O2/c1-10(19)16-11-5-4-6-12(9-11)17-15-18-13-7-2-3-8-14(13)20-15/h2-9H,1H3,(H,16,19)(H,17,18). The molecule has 0 unspecified atom stereocenters. The number of hydrogen-bond donors (Lipinski definition) is 2. The Labute approximate surface area is 115 Å². The second-order valence-electron chi connectivity index (χ2n) is 4.37. The zero-order valence-electron chi connectivity index (χ0n) is 10.9. The summed E-state index contributed by atoms with van der Waals surface area (Å²) in [7, 11) is 0. The zero-order valence-corrected chi connectivity index (χ0v) is 10.9. The fourth-order valence-electron chi connectivity index (χ4n) is 1.93. The van der Waals surface area contributed by atoms with Gasteiger partial charge in [-0.3, -0.25) is 4.79 Å². The summed E-state index contributed by atoms with van der Waals surface area (Å²) in [6.45, 7) is 1.47. The lowest BCUT2D eigenvalue weighted by molar-refractivity contribution is -0.114. The molecule has 100 valence electrons. The average molecular weight is 267 g/mol. The summed E-state index contributed by atoms with van der Waals surface area (Å²) in [6, 6.07) is 15.3. The Morgan fingerprint density at radius 1 is 1.10 bits per heavy atom. The summed E-state index contributed by atoms with van der Waals surface area (Å²) >= 11 is 0. The molecule has 0 bridgehead atoms. The molecule has 0 saturated carbocycles. The molecule has 3 aromatic rings. The van der Waals surface area contributed by atoms with Gasteiger partial charge >= 0.3 is 0 Å². The molecule has 1 aromatic heterocycles. The number of carbonyl (C=O) groups excluding carboxylic acids is 1. The molecule has 0 atom stereocenters. The molecule has 5 nitrogen and oxygen atoms in total. The first-order chi connectivity index (χ1) is 9.70. The topological polar surface area (TPSA) is 67.2 Å². The van der Waals surface area contributed by atoms with Gasteiger partial charge < -0.3 is 15.1 Å². The van der Waals surface area contributed by atoms with Gasteiger partial charge in [0.25, 0.3) is 6.01 Å². The lowest BCUT2D eigenvalue weighted by Gasteiger charge is -2.05. The monoisotopic (exact) mass is 267 g/mol. The predicted octanol–water partition coefficient (Wildman–Crippen LogP) is 3.53. The predicted molar refractivity (Wildman–Crippen MR) is 78.0 cm³/mol. The molecule has 1 amide bonds. The van der Waals surface area contributed by atoms with Crippen molar-refractivity contribution >= 4 is 34.4 Å². The molecule has 1 heterocycles. The Bertz CT molecular complexity index is 731. The van der Waals surface area contributed by atoms with Crippen molar-refractivity contribution in [3.05, 3.63) is 48.5 Å². The van der Waals surface area contributed by atoms with E-state index in [2.05, 4.69) is 15.6 Å². The number of oxazole rings is 1. The Morgan fingerprint density at radius 3 is 2.70 bits per heavy atom. The van der Waals surface area contributed by atoms with E-state index in [0.29, 0.717) is 6.01 Å². The summed E-state index contributed by atoms with van der Waals surface area (Å²) in [5, 5.41) is 5.81. The van der Waals surface area contributed by atoms with Crippen LogP contribution >= 0.6 is 0 Å². The number of para-hydroxylation sites is 2. The van der Waals surface area contributed by atoms with Gasteiger partial charge in [0, 0.05) is 18.3 Å². The van der Waals surface area contributed by atoms with E-state index in [9.17, 15) is 4.79 Å². The number of amides is 1. The molecule has 0 spiro atoms. The van der Waals surface area contributed by atoms with E-state index in [0.717, 1.165) is 22.5 Å². The highest BCUT2D eigenvalue weighted by Crippen LogP contribution is 2.23. The molecule has 5 heteroatoms. The average Bonchev–Trinajstić information content (AvgIpc) is 2.80. The lowest BCUT2D eigenvalue weighted by atomic mass is 10.3. The van der Waals surface area contributed by atoms with Crippen LogP contribution in [0.4, 0.5) is 17.4 Å². The molecule has 2 aromatic carbocycles. The lowest BCUT2D eigenvalue weighted by Crippen LogP contribution is -2.05. The van der Waals surface area contributed by atoms with E-state index in [1.54, 1.807) is 0 Å². The SMILES string of the molecule is CC(=O)Nc1cccc(Nc2nc3ccccc3o2)c1. The van der Waals surface area contributed by atoms with Gasteiger partial charge in [0.15, 0.2) is 5.58 Å². The number of rotatable bonds is 3. The zero-order chi connectivity index (χ0) is 13.9. The Kier molecular flexibility index (Phi) is 3.09. The van der Waals surface area contributed by atoms with Crippen molar-refractivity contribution in [1.29, 1.82) is 0 Å². The minimum atomic E-state index is -0.107. The van der Waals surface area contributed by atoms with Crippen molar-refractivity contribution in [2.45, 2.75) is 6.92 Å². The summed E-state index contributed by atoms with van der Waals surface area (Å²) in [4.78, 5) is 15.4. The van der Waals surface area contributed by atoms with Crippen LogP contribution < -0.4 is 10.6 Å². The molecule has 20 heavy (non-hydrogen) atoms. The smallest absolute Gasteiger partial charge is 0.300 e. The van der Waals surface area contributed by atoms with E-state index >= 15 is 0 Å². The van der Waals surface area contributed by atoms with Crippen molar-refractivity contribution in [3.8, 4) is 0 Å². The number of benzene rings is 2. The van der Waals surface area contributed by atoms with Gasteiger partial charge in [0.1, 0.15) is 5.52 Å². The minimum absolute atomic E-state index is 0.107. The van der Waals surface area contributed by atoms with Crippen LogP contribution in [-0.2, 0) is 4.79 Å². The Hall–Kier alpha value is -2.82. The maximum atomic E-state index is 11.0. The van der Waals surface area contributed by atoms with Gasteiger partial charge in [-0.2, -0.15) is 4.98 Å². The number of fused-ring (bicyclic) bond motifs is 1. The van der Waals surface area contributed by atoms with Gasteiger partial charge in [-0.1, -0.05) is 18.2 Å². The van der Waals surface area contributed by atoms with Gasteiger partial charge in [-0.05, 0) is 30.3 Å². The highest BCUT2D eigenvalue weighted by atomic mass is 16.4. The van der Waals surface area contributed by atoms with Gasteiger partial charge in [0.2, 0.25) is 5.91 Å². The molecule has 0 saturated heterocycles. The molecule has 0 aliphatic rings. The third-order valence-electron chi connectivity index (χ3n) is 2.73. The highest BCUT2D eigenvalue weighted by molar-refractivity contribution is 5.89. The Balaban J connectivity index is 1.85. The fourth-order valence-corrected chi connectivity index (χ4v) is 1.93. The number of nitrogens with zero attached hydrogens (tertiary/aromatic N) is 1. The van der Waals surface area contributed by atoms with Crippen LogP contribution in [-0.4, -0.2) is 10.9 Å². The van der Waals surface area contributed by atoms with E-state index in [1.807, 2.05) is 48.5 Å². The maximum Gasteiger partial charge on any atom is 0.300 e. The van der Waals surface area contributed by atoms with E-state index in [-0.39, 0.29) is 5.91 Å².